The third-order valence-corrected chi connectivity index (χ3v) is 8.49. The highest BCUT2D eigenvalue weighted by molar-refractivity contribution is 5.83. The molecule has 1 atom stereocenters. The average Bonchev–Trinajstić information content (AvgIpc) is 3.67. The number of tetrazole rings is 1. The second-order valence-corrected chi connectivity index (χ2v) is 10.8. The molecule has 1 saturated heterocycles. The lowest BCUT2D eigenvalue weighted by Gasteiger charge is -2.37. The lowest BCUT2D eigenvalue weighted by atomic mass is 9.89. The van der Waals surface area contributed by atoms with E-state index in [0.29, 0.717) is 28.5 Å². The van der Waals surface area contributed by atoms with Crippen LogP contribution in [0.25, 0.3) is 10.9 Å². The zero-order chi connectivity index (χ0) is 26.8. The zero-order valence-electron chi connectivity index (χ0n) is 22.7. The van der Waals surface area contributed by atoms with E-state index in [0.717, 1.165) is 56.4 Å². The number of H-pyrrole nitrogens is 1. The summed E-state index contributed by atoms with van der Waals surface area (Å²) in [5, 5.41) is 14.0. The Hall–Kier alpha value is -3.72. The van der Waals surface area contributed by atoms with E-state index in [4.69, 9.17) is 9.47 Å². The minimum atomic E-state index is -0.334. The Morgan fingerprint density at radius 3 is 2.41 bits per heavy atom. The van der Waals surface area contributed by atoms with Gasteiger partial charge in [-0.3, -0.25) is 9.69 Å². The summed E-state index contributed by atoms with van der Waals surface area (Å²) in [6, 6.07) is 16.4. The molecule has 0 bridgehead atoms. The van der Waals surface area contributed by atoms with Gasteiger partial charge in [-0.2, -0.15) is 0 Å². The smallest absolute Gasteiger partial charge is 0.253 e. The van der Waals surface area contributed by atoms with Crippen LogP contribution in [0.4, 0.5) is 0 Å². The fraction of sp³-hybridized carbons (Fsp3) is 0.467. The van der Waals surface area contributed by atoms with E-state index >= 15 is 0 Å². The average molecular weight is 529 g/mol. The maximum Gasteiger partial charge on any atom is 0.253 e. The number of aromatic nitrogens is 5. The maximum absolute atomic E-state index is 13.7. The molecule has 1 aliphatic carbocycles. The molecule has 2 aromatic heterocycles. The summed E-state index contributed by atoms with van der Waals surface area (Å²) in [4.78, 5) is 19.2. The highest BCUT2D eigenvalue weighted by Crippen LogP contribution is 2.37. The van der Waals surface area contributed by atoms with Gasteiger partial charge in [-0.05, 0) is 79.2 Å². The maximum atomic E-state index is 13.7. The summed E-state index contributed by atoms with van der Waals surface area (Å²) in [5.74, 6) is 2.57. The second-order valence-electron chi connectivity index (χ2n) is 10.8. The molecule has 4 aromatic rings. The molecule has 0 spiro atoms. The van der Waals surface area contributed by atoms with E-state index in [1.165, 1.54) is 18.4 Å². The lowest BCUT2D eigenvalue weighted by Crippen LogP contribution is -2.41. The van der Waals surface area contributed by atoms with Crippen LogP contribution in [0.5, 0.6) is 11.5 Å². The minimum absolute atomic E-state index is 0.132. The Labute approximate surface area is 228 Å². The van der Waals surface area contributed by atoms with Crippen molar-refractivity contribution in [3.63, 3.8) is 0 Å². The first-order chi connectivity index (χ1) is 19.1. The van der Waals surface area contributed by atoms with Crippen molar-refractivity contribution in [2.24, 2.45) is 5.92 Å². The summed E-state index contributed by atoms with van der Waals surface area (Å²) < 4.78 is 13.0. The first kappa shape index (κ1) is 25.6. The SMILES string of the molecule is COc1cc2cc([C@@H](c3nnnn3C3CCCC3)N3CCC(Cc4ccccc4)CC3)c(=O)[nH]c2cc1OC. The van der Waals surface area contributed by atoms with E-state index < -0.39 is 0 Å². The van der Waals surface area contributed by atoms with Gasteiger partial charge in [-0.1, -0.05) is 43.2 Å². The highest BCUT2D eigenvalue weighted by Gasteiger charge is 2.35. The van der Waals surface area contributed by atoms with Crippen molar-refractivity contribution < 1.29 is 9.47 Å². The molecular weight excluding hydrogens is 492 g/mol. The van der Waals surface area contributed by atoms with Crippen LogP contribution in [0.2, 0.25) is 0 Å². The highest BCUT2D eigenvalue weighted by atomic mass is 16.5. The van der Waals surface area contributed by atoms with Crippen molar-refractivity contribution in [1.82, 2.24) is 30.1 Å². The summed E-state index contributed by atoms with van der Waals surface area (Å²) in [6.07, 6.45) is 7.69. The van der Waals surface area contributed by atoms with Crippen LogP contribution in [0.3, 0.4) is 0 Å². The first-order valence-electron chi connectivity index (χ1n) is 14.0. The van der Waals surface area contributed by atoms with Gasteiger partial charge in [0.05, 0.1) is 25.8 Å². The predicted octanol–water partition coefficient (Wildman–Crippen LogP) is 4.69. The molecule has 1 saturated carbocycles. The molecule has 9 heteroatoms. The second kappa shape index (κ2) is 11.2. The van der Waals surface area contributed by atoms with E-state index in [9.17, 15) is 4.79 Å². The normalized spacial score (nSPS) is 18.0. The van der Waals surface area contributed by atoms with Gasteiger partial charge in [-0.25, -0.2) is 4.68 Å². The molecular formula is C30H36N6O3. The molecule has 2 fully saturated rings. The number of fused-ring (bicyclic) bond motifs is 1. The van der Waals surface area contributed by atoms with Crippen molar-refractivity contribution in [2.45, 2.75) is 57.0 Å². The Kier molecular flexibility index (Phi) is 7.32. The van der Waals surface area contributed by atoms with Crippen LogP contribution in [0, 0.1) is 5.92 Å². The van der Waals surface area contributed by atoms with Crippen LogP contribution < -0.4 is 15.0 Å². The van der Waals surface area contributed by atoms with Gasteiger partial charge in [0, 0.05) is 17.0 Å². The molecule has 2 aliphatic rings. The molecule has 2 aromatic carbocycles. The number of benzene rings is 2. The van der Waals surface area contributed by atoms with Crippen molar-refractivity contribution >= 4 is 10.9 Å². The van der Waals surface area contributed by atoms with E-state index in [-0.39, 0.29) is 17.6 Å². The molecule has 1 aliphatic heterocycles. The number of ether oxygens (including phenoxy) is 2. The van der Waals surface area contributed by atoms with Gasteiger partial charge >= 0.3 is 0 Å². The Morgan fingerprint density at radius 1 is 0.974 bits per heavy atom. The number of methoxy groups -OCH3 is 2. The van der Waals surface area contributed by atoms with E-state index in [1.807, 2.05) is 22.9 Å². The number of hydrogen-bond donors (Lipinski definition) is 1. The minimum Gasteiger partial charge on any atom is -0.493 e. The van der Waals surface area contributed by atoms with Crippen LogP contribution in [-0.2, 0) is 6.42 Å². The third-order valence-electron chi connectivity index (χ3n) is 8.49. The van der Waals surface area contributed by atoms with Gasteiger partial charge in [-0.15, -0.1) is 5.10 Å². The Morgan fingerprint density at radius 2 is 1.69 bits per heavy atom. The number of nitrogens with one attached hydrogen (secondary N) is 1. The molecule has 39 heavy (non-hydrogen) atoms. The summed E-state index contributed by atoms with van der Waals surface area (Å²) in [5.41, 5.74) is 2.61. The molecule has 0 unspecified atom stereocenters. The standard InChI is InChI=1S/C30H36N6O3/c1-38-26-18-22-17-24(30(37)31-25(22)19-27(26)39-2)28(29-32-33-34-36(29)23-10-6-7-11-23)35-14-12-21(13-15-35)16-20-8-4-3-5-9-20/h3-5,8-9,17-19,21,23,28H,6-7,10-16H2,1-2H3,(H,31,37)/t28-/m0/s1. The topological polar surface area (TPSA) is 98.2 Å². The molecule has 3 heterocycles. The Balaban J connectivity index is 1.37. The molecule has 204 valence electrons. The van der Waals surface area contributed by atoms with Gasteiger partial charge in [0.15, 0.2) is 17.3 Å². The number of nitrogens with zero attached hydrogens (tertiary/aromatic N) is 5. The molecule has 0 radical (unpaired) electrons. The predicted molar refractivity (Wildman–Crippen MR) is 149 cm³/mol. The number of aromatic amines is 1. The number of pyridine rings is 1. The number of piperidine rings is 1. The summed E-state index contributed by atoms with van der Waals surface area (Å²) in [6.45, 7) is 1.76. The zero-order valence-corrected chi connectivity index (χ0v) is 22.7. The van der Waals surface area contributed by atoms with E-state index in [2.05, 4.69) is 55.7 Å². The summed E-state index contributed by atoms with van der Waals surface area (Å²) in [7, 11) is 3.21. The van der Waals surface area contributed by atoms with Crippen LogP contribution in [-0.4, -0.2) is 57.4 Å². The van der Waals surface area contributed by atoms with Crippen molar-refractivity contribution in [1.29, 1.82) is 0 Å². The monoisotopic (exact) mass is 528 g/mol. The van der Waals surface area contributed by atoms with Crippen molar-refractivity contribution in [3.8, 4) is 11.5 Å². The quantitative estimate of drug-likeness (QED) is 0.354. The van der Waals surface area contributed by atoms with Gasteiger partial charge < -0.3 is 14.5 Å². The van der Waals surface area contributed by atoms with Crippen LogP contribution >= 0.6 is 0 Å². The number of hydrogen-bond acceptors (Lipinski definition) is 7. The molecule has 1 N–H and O–H groups in total. The Bertz CT molecular complexity index is 1470. The van der Waals surface area contributed by atoms with Crippen LogP contribution in [0.1, 0.15) is 67.6 Å². The van der Waals surface area contributed by atoms with Crippen molar-refractivity contribution in [2.75, 3.05) is 27.3 Å². The van der Waals surface area contributed by atoms with Gasteiger partial charge in [0.2, 0.25) is 0 Å². The fourth-order valence-corrected chi connectivity index (χ4v) is 6.40. The number of rotatable bonds is 8. The first-order valence-corrected chi connectivity index (χ1v) is 14.0. The van der Waals surface area contributed by atoms with E-state index in [1.54, 1.807) is 14.2 Å². The lowest BCUT2D eigenvalue weighted by molar-refractivity contribution is 0.141. The number of likely N-dealkylation sites (tertiary alicyclic amines) is 1. The summed E-state index contributed by atoms with van der Waals surface area (Å²) >= 11 is 0. The molecule has 9 nitrogen and oxygen atoms in total. The largest absolute Gasteiger partial charge is 0.493 e. The van der Waals surface area contributed by atoms with Gasteiger partial charge in [0.25, 0.3) is 5.56 Å². The fourth-order valence-electron chi connectivity index (χ4n) is 6.40. The van der Waals surface area contributed by atoms with Crippen LogP contribution in [0.15, 0.2) is 53.3 Å². The van der Waals surface area contributed by atoms with Gasteiger partial charge in [0.1, 0.15) is 6.04 Å². The molecule has 6 rings (SSSR count). The molecule has 0 amide bonds. The third kappa shape index (κ3) is 5.15. The van der Waals surface area contributed by atoms with Crippen molar-refractivity contribution in [3.05, 3.63) is 75.8 Å².